The van der Waals surface area contributed by atoms with Crippen LogP contribution in [0, 0.1) is 27.7 Å². The van der Waals surface area contributed by atoms with Gasteiger partial charge in [-0.2, -0.15) is 5.10 Å². The monoisotopic (exact) mass is 438 g/mol. The molecule has 0 radical (unpaired) electrons. The number of hydrogen-bond donors (Lipinski definition) is 0. The SMILES string of the molecule is Cc1cc(-n2nc(C)c(C)c2C)ccc1OCc1c(Cl)cccc1-c1non(C)c1=O. The number of nitrogens with zero attached hydrogens (tertiary/aromatic N) is 4. The first-order valence-corrected chi connectivity index (χ1v) is 10.2. The molecule has 0 aliphatic heterocycles. The maximum Gasteiger partial charge on any atom is 0.310 e. The van der Waals surface area contributed by atoms with Crippen LogP contribution in [-0.4, -0.2) is 19.7 Å². The van der Waals surface area contributed by atoms with Crippen molar-refractivity contribution in [2.24, 2.45) is 7.05 Å². The fourth-order valence-corrected chi connectivity index (χ4v) is 3.70. The van der Waals surface area contributed by atoms with Crippen LogP contribution >= 0.6 is 11.6 Å². The Balaban J connectivity index is 1.63. The molecule has 31 heavy (non-hydrogen) atoms. The fraction of sp³-hybridized carbons (Fsp3) is 0.261. The maximum atomic E-state index is 12.3. The van der Waals surface area contributed by atoms with E-state index in [1.807, 2.05) is 36.7 Å². The lowest BCUT2D eigenvalue weighted by Crippen LogP contribution is -2.12. The first kappa shape index (κ1) is 20.9. The van der Waals surface area contributed by atoms with Crippen LogP contribution < -0.4 is 10.3 Å². The number of aryl methyl sites for hydroxylation is 3. The maximum absolute atomic E-state index is 12.3. The van der Waals surface area contributed by atoms with Gasteiger partial charge in [-0.3, -0.25) is 9.42 Å². The molecular formula is C23H23ClN4O3. The summed E-state index contributed by atoms with van der Waals surface area (Å²) >= 11 is 6.43. The van der Waals surface area contributed by atoms with Gasteiger partial charge in [-0.1, -0.05) is 23.7 Å². The van der Waals surface area contributed by atoms with Crippen molar-refractivity contribution in [2.75, 3.05) is 0 Å². The van der Waals surface area contributed by atoms with Crippen LogP contribution in [0.2, 0.25) is 5.02 Å². The molecular weight excluding hydrogens is 416 g/mol. The van der Waals surface area contributed by atoms with Crippen LogP contribution in [0.15, 0.2) is 45.8 Å². The van der Waals surface area contributed by atoms with E-state index in [9.17, 15) is 4.79 Å². The first-order chi connectivity index (χ1) is 14.8. The van der Waals surface area contributed by atoms with E-state index in [4.69, 9.17) is 21.0 Å². The summed E-state index contributed by atoms with van der Waals surface area (Å²) in [5, 5.41) is 8.99. The average molecular weight is 439 g/mol. The van der Waals surface area contributed by atoms with E-state index < -0.39 is 0 Å². The molecule has 0 N–H and O–H groups in total. The van der Waals surface area contributed by atoms with Gasteiger partial charge in [-0.15, -0.1) is 4.74 Å². The molecule has 2 aromatic heterocycles. The summed E-state index contributed by atoms with van der Waals surface area (Å²) < 4.78 is 14.1. The zero-order chi connectivity index (χ0) is 22.3. The van der Waals surface area contributed by atoms with Crippen LogP contribution in [0.5, 0.6) is 5.75 Å². The highest BCUT2D eigenvalue weighted by Crippen LogP contribution is 2.29. The number of rotatable bonds is 5. The minimum absolute atomic E-state index is 0.185. The molecule has 0 amide bonds. The van der Waals surface area contributed by atoms with Gasteiger partial charge < -0.3 is 4.74 Å². The predicted octanol–water partition coefficient (Wildman–Crippen LogP) is 4.69. The number of benzene rings is 2. The Bertz CT molecular complexity index is 1330. The minimum Gasteiger partial charge on any atom is -0.489 e. The number of ether oxygens (including phenoxy) is 1. The summed E-state index contributed by atoms with van der Waals surface area (Å²) in [7, 11) is 1.51. The van der Waals surface area contributed by atoms with Crippen molar-refractivity contribution in [2.45, 2.75) is 34.3 Å². The Hall–Kier alpha value is -3.32. The van der Waals surface area contributed by atoms with Crippen LogP contribution in [0.25, 0.3) is 16.9 Å². The van der Waals surface area contributed by atoms with E-state index in [2.05, 4.69) is 24.1 Å². The van der Waals surface area contributed by atoms with Gasteiger partial charge in [0.2, 0.25) is 0 Å². The molecule has 7 nitrogen and oxygen atoms in total. The molecule has 4 aromatic rings. The van der Waals surface area contributed by atoms with Crippen molar-refractivity contribution < 1.29 is 9.37 Å². The van der Waals surface area contributed by atoms with Gasteiger partial charge in [0.1, 0.15) is 12.4 Å². The predicted molar refractivity (Wildman–Crippen MR) is 119 cm³/mol. The summed E-state index contributed by atoms with van der Waals surface area (Å²) in [5.74, 6) is 0.723. The largest absolute Gasteiger partial charge is 0.489 e. The normalized spacial score (nSPS) is 11.2. The topological polar surface area (TPSA) is 75.1 Å². The number of hydrogen-bond acceptors (Lipinski definition) is 5. The average Bonchev–Trinajstić information content (AvgIpc) is 3.21. The summed E-state index contributed by atoms with van der Waals surface area (Å²) in [6.45, 7) is 8.30. The second-order valence-corrected chi connectivity index (χ2v) is 7.94. The van der Waals surface area contributed by atoms with Gasteiger partial charge >= 0.3 is 5.56 Å². The lowest BCUT2D eigenvalue weighted by molar-refractivity contribution is 0.216. The van der Waals surface area contributed by atoms with Crippen molar-refractivity contribution in [3.05, 3.63) is 79.9 Å². The lowest BCUT2D eigenvalue weighted by atomic mass is 10.1. The Morgan fingerprint density at radius 1 is 1.13 bits per heavy atom. The third kappa shape index (κ3) is 3.77. The molecule has 0 bridgehead atoms. The summed E-state index contributed by atoms with van der Waals surface area (Å²) in [5.41, 5.74) is 6.39. The van der Waals surface area contributed by atoms with Gasteiger partial charge in [0.25, 0.3) is 0 Å². The third-order valence-corrected chi connectivity index (χ3v) is 5.90. The smallest absolute Gasteiger partial charge is 0.310 e. The highest BCUT2D eigenvalue weighted by Gasteiger charge is 2.18. The summed E-state index contributed by atoms with van der Waals surface area (Å²) in [4.78, 5) is 12.3. The molecule has 0 atom stereocenters. The van der Waals surface area contributed by atoms with Crippen LogP contribution in [-0.2, 0) is 13.7 Å². The first-order valence-electron chi connectivity index (χ1n) is 9.85. The van der Waals surface area contributed by atoms with Gasteiger partial charge in [-0.25, -0.2) is 4.68 Å². The number of aromatic nitrogens is 4. The molecule has 160 valence electrons. The van der Waals surface area contributed by atoms with E-state index in [-0.39, 0.29) is 17.9 Å². The van der Waals surface area contributed by atoms with Crippen LogP contribution in [0.4, 0.5) is 0 Å². The molecule has 0 aliphatic rings. The van der Waals surface area contributed by atoms with E-state index in [0.29, 0.717) is 16.1 Å². The van der Waals surface area contributed by atoms with Crippen LogP contribution in [0.3, 0.4) is 0 Å². The van der Waals surface area contributed by atoms with Gasteiger partial charge in [0.15, 0.2) is 5.69 Å². The van der Waals surface area contributed by atoms with Crippen molar-refractivity contribution in [1.82, 2.24) is 19.7 Å². The Labute approximate surface area is 184 Å². The van der Waals surface area contributed by atoms with Gasteiger partial charge in [-0.05, 0) is 68.2 Å². The van der Waals surface area contributed by atoms with E-state index in [1.165, 1.54) is 12.6 Å². The fourth-order valence-electron chi connectivity index (χ4n) is 3.47. The zero-order valence-corrected chi connectivity index (χ0v) is 18.8. The third-order valence-electron chi connectivity index (χ3n) is 5.55. The van der Waals surface area contributed by atoms with Gasteiger partial charge in [0.05, 0.1) is 18.4 Å². The van der Waals surface area contributed by atoms with Gasteiger partial charge in [0, 0.05) is 21.8 Å². The van der Waals surface area contributed by atoms with Crippen molar-refractivity contribution in [3.63, 3.8) is 0 Å². The van der Waals surface area contributed by atoms with Crippen molar-refractivity contribution in [3.8, 4) is 22.7 Å². The minimum atomic E-state index is -0.329. The molecule has 0 unspecified atom stereocenters. The number of halogens is 1. The zero-order valence-electron chi connectivity index (χ0n) is 18.1. The van der Waals surface area contributed by atoms with E-state index >= 15 is 0 Å². The second kappa shape index (κ2) is 8.07. The summed E-state index contributed by atoms with van der Waals surface area (Å²) in [6.07, 6.45) is 0. The molecule has 0 fully saturated rings. The molecule has 0 spiro atoms. The Morgan fingerprint density at radius 2 is 1.90 bits per heavy atom. The molecule has 2 heterocycles. The van der Waals surface area contributed by atoms with Crippen LogP contribution in [0.1, 0.15) is 28.1 Å². The molecule has 4 rings (SSSR count). The van der Waals surface area contributed by atoms with E-state index in [1.54, 1.807) is 18.2 Å². The molecule has 8 heteroatoms. The molecule has 0 saturated carbocycles. The second-order valence-electron chi connectivity index (χ2n) is 7.54. The molecule has 0 saturated heterocycles. The summed E-state index contributed by atoms with van der Waals surface area (Å²) in [6, 6.07) is 11.2. The Kier molecular flexibility index (Phi) is 5.45. The lowest BCUT2D eigenvalue weighted by Gasteiger charge is -2.14. The standard InChI is InChI=1S/C23H23ClN4O3/c1-13-11-17(28-16(4)14(2)15(3)25-28)9-10-21(13)30-12-19-18(7-6-8-20(19)24)22-23(29)27(5)31-26-22/h6-11H,12H2,1-5H3. The quantitative estimate of drug-likeness (QED) is 0.451. The highest BCUT2D eigenvalue weighted by atomic mass is 35.5. The van der Waals surface area contributed by atoms with Crippen molar-refractivity contribution in [1.29, 1.82) is 0 Å². The van der Waals surface area contributed by atoms with E-state index in [0.717, 1.165) is 33.1 Å². The van der Waals surface area contributed by atoms with Crippen molar-refractivity contribution >= 4 is 11.6 Å². The Morgan fingerprint density at radius 3 is 2.52 bits per heavy atom. The molecule has 2 aromatic carbocycles. The molecule has 0 aliphatic carbocycles. The highest BCUT2D eigenvalue weighted by molar-refractivity contribution is 6.31.